The molecule has 1 aliphatic rings. The average Bonchev–Trinajstić information content (AvgIpc) is 2.31. The van der Waals surface area contributed by atoms with Crippen molar-refractivity contribution in [2.24, 2.45) is 0 Å². The highest BCUT2D eigenvalue weighted by molar-refractivity contribution is 9.09. The van der Waals surface area contributed by atoms with E-state index in [1.807, 2.05) is 0 Å². The summed E-state index contributed by atoms with van der Waals surface area (Å²) in [5.41, 5.74) is 0. The molecule has 3 unspecified atom stereocenters. The number of alkyl halides is 3. The van der Waals surface area contributed by atoms with E-state index in [4.69, 9.17) is 32.7 Å². The van der Waals surface area contributed by atoms with Gasteiger partial charge in [-0.05, 0) is 19.3 Å². The van der Waals surface area contributed by atoms with Crippen LogP contribution in [0.2, 0.25) is 0 Å². The smallest absolute Gasteiger partial charge is 0.0847 e. The molecule has 90 valence electrons. The summed E-state index contributed by atoms with van der Waals surface area (Å²) >= 11 is 15.0. The Morgan fingerprint density at radius 3 is 2.67 bits per heavy atom. The minimum atomic E-state index is -0.0327. The van der Waals surface area contributed by atoms with E-state index in [0.717, 1.165) is 19.4 Å². The normalized spacial score (nSPS) is 26.2. The van der Waals surface area contributed by atoms with Crippen LogP contribution in [0.1, 0.15) is 19.3 Å². The molecule has 0 amide bonds. The highest BCUT2D eigenvalue weighted by atomic mass is 79.9. The summed E-state index contributed by atoms with van der Waals surface area (Å²) in [5.74, 6) is 0.957. The quantitative estimate of drug-likeness (QED) is 0.700. The van der Waals surface area contributed by atoms with Crippen LogP contribution in [0.5, 0.6) is 0 Å². The molecule has 0 bridgehead atoms. The first kappa shape index (κ1) is 14.0. The van der Waals surface area contributed by atoms with Crippen molar-refractivity contribution in [2.45, 2.75) is 36.3 Å². The monoisotopic (exact) mass is 318 g/mol. The maximum Gasteiger partial charge on any atom is 0.0847 e. The molecule has 0 aromatic carbocycles. The van der Waals surface area contributed by atoms with Crippen LogP contribution in [0.15, 0.2) is 0 Å². The zero-order valence-electron chi connectivity index (χ0n) is 8.63. The molecule has 15 heavy (non-hydrogen) atoms. The summed E-state index contributed by atoms with van der Waals surface area (Å²) in [7, 11) is 0. The van der Waals surface area contributed by atoms with Crippen LogP contribution < -0.4 is 0 Å². The predicted molar refractivity (Wildman–Crippen MR) is 67.5 cm³/mol. The lowest BCUT2D eigenvalue weighted by Gasteiger charge is -2.26. The van der Waals surface area contributed by atoms with Gasteiger partial charge < -0.3 is 9.47 Å². The topological polar surface area (TPSA) is 18.5 Å². The third kappa shape index (κ3) is 5.22. The molecule has 5 heteroatoms. The van der Waals surface area contributed by atoms with E-state index in [0.29, 0.717) is 18.4 Å². The van der Waals surface area contributed by atoms with Crippen LogP contribution in [-0.2, 0) is 9.47 Å². The predicted octanol–water partition coefficient (Wildman–Crippen LogP) is 3.18. The van der Waals surface area contributed by atoms with Crippen LogP contribution in [-0.4, -0.2) is 42.0 Å². The lowest BCUT2D eigenvalue weighted by Crippen LogP contribution is -2.33. The molecule has 0 aromatic rings. The van der Waals surface area contributed by atoms with Crippen molar-refractivity contribution in [3.63, 3.8) is 0 Å². The van der Waals surface area contributed by atoms with Gasteiger partial charge in [-0.1, -0.05) is 15.9 Å². The number of rotatable bonds is 6. The van der Waals surface area contributed by atoms with Crippen molar-refractivity contribution < 1.29 is 9.47 Å². The van der Waals surface area contributed by atoms with E-state index in [1.54, 1.807) is 0 Å². The van der Waals surface area contributed by atoms with Crippen molar-refractivity contribution in [1.82, 2.24) is 0 Å². The zero-order valence-corrected chi connectivity index (χ0v) is 11.7. The Balaban J connectivity index is 2.20. The maximum absolute atomic E-state index is 5.80. The van der Waals surface area contributed by atoms with Crippen LogP contribution in [0.3, 0.4) is 0 Å². The highest BCUT2D eigenvalue weighted by Gasteiger charge is 2.21. The molecular formula is C10H17BrCl2O2. The number of hydrogen-bond donors (Lipinski definition) is 0. The summed E-state index contributed by atoms with van der Waals surface area (Å²) in [5, 5.41) is 0. The molecule has 1 aliphatic heterocycles. The summed E-state index contributed by atoms with van der Waals surface area (Å²) < 4.78 is 11.3. The van der Waals surface area contributed by atoms with E-state index in [1.165, 1.54) is 6.42 Å². The molecule has 1 heterocycles. The molecule has 2 nitrogen and oxygen atoms in total. The second kappa shape index (κ2) is 8.13. The Morgan fingerprint density at radius 2 is 2.13 bits per heavy atom. The van der Waals surface area contributed by atoms with Gasteiger partial charge in [0.1, 0.15) is 0 Å². The molecule has 3 atom stereocenters. The zero-order chi connectivity index (χ0) is 11.1. The Morgan fingerprint density at radius 1 is 1.33 bits per heavy atom. The van der Waals surface area contributed by atoms with E-state index < -0.39 is 0 Å². The van der Waals surface area contributed by atoms with Crippen LogP contribution in [0.4, 0.5) is 0 Å². The van der Waals surface area contributed by atoms with Gasteiger partial charge in [-0.3, -0.25) is 0 Å². The molecule has 0 radical (unpaired) electrons. The highest BCUT2D eigenvalue weighted by Crippen LogP contribution is 2.17. The van der Waals surface area contributed by atoms with Crippen LogP contribution in [0, 0.1) is 0 Å². The van der Waals surface area contributed by atoms with E-state index >= 15 is 0 Å². The van der Waals surface area contributed by atoms with Gasteiger partial charge in [0.2, 0.25) is 0 Å². The Labute approximate surface area is 110 Å². The van der Waals surface area contributed by atoms with Crippen molar-refractivity contribution >= 4 is 39.1 Å². The first-order chi connectivity index (χ1) is 7.27. The maximum atomic E-state index is 5.80. The van der Waals surface area contributed by atoms with Gasteiger partial charge in [-0.15, -0.1) is 23.2 Å². The first-order valence-corrected chi connectivity index (χ1v) is 7.25. The Bertz CT molecular complexity index is 166. The Hall–Kier alpha value is 0.980. The van der Waals surface area contributed by atoms with Crippen LogP contribution in [0.25, 0.3) is 0 Å². The summed E-state index contributed by atoms with van der Waals surface area (Å²) in [6.07, 6.45) is 3.68. The molecule has 0 N–H and O–H groups in total. The first-order valence-electron chi connectivity index (χ1n) is 5.27. The van der Waals surface area contributed by atoms with Crippen molar-refractivity contribution in [1.29, 1.82) is 0 Å². The number of halogens is 3. The minimum Gasteiger partial charge on any atom is -0.376 e. The Kier molecular flexibility index (Phi) is 7.61. The third-order valence-corrected chi connectivity index (χ3v) is 4.40. The largest absolute Gasteiger partial charge is 0.376 e. The summed E-state index contributed by atoms with van der Waals surface area (Å²) in [4.78, 5) is 0.111. The molecular weight excluding hydrogens is 303 g/mol. The molecule has 1 saturated heterocycles. The van der Waals surface area contributed by atoms with Gasteiger partial charge in [0, 0.05) is 18.4 Å². The second-order valence-electron chi connectivity index (χ2n) is 3.68. The molecule has 0 spiro atoms. The second-order valence-corrected chi connectivity index (χ2v) is 5.48. The SMILES string of the molecule is ClCC(Br)C(CCl)OCC1CCCCO1. The molecule has 0 saturated carbocycles. The fourth-order valence-electron chi connectivity index (χ4n) is 1.51. The third-order valence-electron chi connectivity index (χ3n) is 2.47. The van der Waals surface area contributed by atoms with Crippen molar-refractivity contribution in [3.8, 4) is 0 Å². The van der Waals surface area contributed by atoms with Crippen LogP contribution >= 0.6 is 39.1 Å². The van der Waals surface area contributed by atoms with E-state index in [9.17, 15) is 0 Å². The minimum absolute atomic E-state index is 0.0327. The van der Waals surface area contributed by atoms with E-state index in [-0.39, 0.29) is 17.0 Å². The lowest BCUT2D eigenvalue weighted by molar-refractivity contribution is -0.0571. The number of ether oxygens (including phenoxy) is 2. The van der Waals surface area contributed by atoms with E-state index in [2.05, 4.69) is 15.9 Å². The molecule has 0 aliphatic carbocycles. The van der Waals surface area contributed by atoms with Gasteiger partial charge in [-0.2, -0.15) is 0 Å². The van der Waals surface area contributed by atoms with Gasteiger partial charge >= 0.3 is 0 Å². The lowest BCUT2D eigenvalue weighted by atomic mass is 10.1. The van der Waals surface area contributed by atoms with Crippen molar-refractivity contribution in [3.05, 3.63) is 0 Å². The molecule has 1 rings (SSSR count). The standard InChI is InChI=1S/C10H17BrCl2O2/c11-9(5-12)10(6-13)15-7-8-3-1-2-4-14-8/h8-10H,1-7H2. The fourth-order valence-corrected chi connectivity index (χ4v) is 2.57. The van der Waals surface area contributed by atoms with Gasteiger partial charge in [-0.25, -0.2) is 0 Å². The van der Waals surface area contributed by atoms with Crippen molar-refractivity contribution in [2.75, 3.05) is 25.0 Å². The molecule has 1 fully saturated rings. The van der Waals surface area contributed by atoms with Gasteiger partial charge in [0.05, 0.1) is 23.6 Å². The fraction of sp³-hybridized carbons (Fsp3) is 1.00. The average molecular weight is 320 g/mol. The molecule has 0 aromatic heterocycles. The number of hydrogen-bond acceptors (Lipinski definition) is 2. The van der Waals surface area contributed by atoms with Gasteiger partial charge in [0.25, 0.3) is 0 Å². The summed E-state index contributed by atoms with van der Waals surface area (Å²) in [6, 6.07) is 0. The summed E-state index contributed by atoms with van der Waals surface area (Å²) in [6.45, 7) is 1.48. The van der Waals surface area contributed by atoms with Gasteiger partial charge in [0.15, 0.2) is 0 Å².